The summed E-state index contributed by atoms with van der Waals surface area (Å²) in [5.74, 6) is 0.799. The molecular formula is C9H10N4O. The monoisotopic (exact) mass is 190 g/mol. The van der Waals surface area contributed by atoms with Gasteiger partial charge in [-0.15, -0.1) is 0 Å². The predicted octanol–water partition coefficient (Wildman–Crippen LogP) is 0.261. The van der Waals surface area contributed by atoms with Crippen LogP contribution in [-0.4, -0.2) is 15.8 Å². The van der Waals surface area contributed by atoms with Crippen molar-refractivity contribution in [3.63, 3.8) is 0 Å². The second kappa shape index (κ2) is 3.10. The van der Waals surface area contributed by atoms with Crippen molar-refractivity contribution in [1.82, 2.24) is 9.55 Å². The average molecular weight is 190 g/mol. The Kier molecular flexibility index (Phi) is 1.92. The number of nitrogens with zero attached hydrogens (tertiary/aromatic N) is 2. The fourth-order valence-electron chi connectivity index (χ4n) is 1.38. The summed E-state index contributed by atoms with van der Waals surface area (Å²) in [5, 5.41) is 10.4. The minimum absolute atomic E-state index is 0.214. The molecule has 0 bridgehead atoms. The molecule has 72 valence electrons. The van der Waals surface area contributed by atoms with Gasteiger partial charge >= 0.3 is 0 Å². The molecule has 1 aliphatic heterocycles. The highest BCUT2D eigenvalue weighted by atomic mass is 16.1. The summed E-state index contributed by atoms with van der Waals surface area (Å²) in [7, 11) is 0. The van der Waals surface area contributed by atoms with Gasteiger partial charge in [-0.2, -0.15) is 0 Å². The van der Waals surface area contributed by atoms with E-state index in [0.717, 1.165) is 17.8 Å². The predicted molar refractivity (Wildman–Crippen MR) is 50.5 cm³/mol. The fraction of sp³-hybridized carbons (Fsp3) is 0.222. The van der Waals surface area contributed by atoms with E-state index >= 15 is 0 Å². The molecule has 1 aromatic heterocycles. The molecule has 0 spiro atoms. The van der Waals surface area contributed by atoms with Gasteiger partial charge in [-0.05, 0) is 6.92 Å². The number of carbonyl (C=O) groups excluding carboxylic acids is 1. The maximum atomic E-state index is 10.7. The Morgan fingerprint density at radius 3 is 3.21 bits per heavy atom. The lowest BCUT2D eigenvalue weighted by Crippen LogP contribution is -2.22. The van der Waals surface area contributed by atoms with Crippen molar-refractivity contribution in [2.24, 2.45) is 0 Å². The first-order valence-electron chi connectivity index (χ1n) is 4.24. The summed E-state index contributed by atoms with van der Waals surface area (Å²) < 4.78 is 1.80. The van der Waals surface area contributed by atoms with Crippen molar-refractivity contribution in [3.8, 4) is 0 Å². The zero-order valence-electron chi connectivity index (χ0n) is 7.74. The van der Waals surface area contributed by atoms with Crippen LogP contribution in [0.4, 0.5) is 5.82 Å². The van der Waals surface area contributed by atoms with E-state index in [1.165, 1.54) is 0 Å². The number of nitrogens with one attached hydrogen (secondary N) is 2. The maximum Gasteiger partial charge on any atom is 0.149 e. The molecule has 0 amide bonds. The Morgan fingerprint density at radius 2 is 2.50 bits per heavy atom. The molecule has 0 atom stereocenters. The van der Waals surface area contributed by atoms with Crippen LogP contribution in [0, 0.1) is 5.41 Å². The Labute approximate surface area is 80.6 Å². The van der Waals surface area contributed by atoms with Gasteiger partial charge in [0, 0.05) is 17.3 Å². The lowest BCUT2D eigenvalue weighted by Gasteiger charge is -2.21. The number of carbonyl (C=O) groups is 1. The molecule has 5 heteroatoms. The molecule has 0 saturated carbocycles. The van der Waals surface area contributed by atoms with E-state index in [0.29, 0.717) is 12.1 Å². The van der Waals surface area contributed by atoms with Crippen molar-refractivity contribution >= 4 is 12.1 Å². The number of allylic oxidation sites excluding steroid dienone is 2. The maximum absolute atomic E-state index is 10.7. The largest absolute Gasteiger partial charge is 0.345 e. The van der Waals surface area contributed by atoms with E-state index in [2.05, 4.69) is 10.3 Å². The topological polar surface area (TPSA) is 70.8 Å². The minimum atomic E-state index is 0.214. The average Bonchev–Trinajstić information content (AvgIpc) is 2.16. The fourth-order valence-corrected chi connectivity index (χ4v) is 1.38. The van der Waals surface area contributed by atoms with Gasteiger partial charge in [-0.3, -0.25) is 10.2 Å². The number of rotatable bonds is 1. The lowest BCUT2D eigenvalue weighted by atomic mass is 10.2. The van der Waals surface area contributed by atoms with E-state index in [9.17, 15) is 4.79 Å². The highest BCUT2D eigenvalue weighted by Crippen LogP contribution is 2.17. The summed E-state index contributed by atoms with van der Waals surface area (Å²) in [6, 6.07) is 1.63. The van der Waals surface area contributed by atoms with Gasteiger partial charge < -0.3 is 9.88 Å². The Morgan fingerprint density at radius 1 is 1.71 bits per heavy atom. The van der Waals surface area contributed by atoms with Crippen LogP contribution in [0.2, 0.25) is 0 Å². The van der Waals surface area contributed by atoms with E-state index in [4.69, 9.17) is 5.41 Å². The highest BCUT2D eigenvalue weighted by Gasteiger charge is 2.12. The molecule has 2 N–H and O–H groups in total. The molecule has 2 heterocycles. The van der Waals surface area contributed by atoms with Gasteiger partial charge in [0.15, 0.2) is 0 Å². The van der Waals surface area contributed by atoms with Gasteiger partial charge in [0.1, 0.15) is 17.6 Å². The van der Waals surface area contributed by atoms with Crippen LogP contribution in [0.3, 0.4) is 0 Å². The van der Waals surface area contributed by atoms with Crippen molar-refractivity contribution in [2.75, 3.05) is 5.32 Å². The second-order valence-electron chi connectivity index (χ2n) is 3.18. The zero-order valence-corrected chi connectivity index (χ0v) is 7.74. The van der Waals surface area contributed by atoms with Crippen LogP contribution in [-0.2, 0) is 11.3 Å². The molecular weight excluding hydrogens is 180 g/mol. The molecule has 5 nitrogen and oxygen atoms in total. The minimum Gasteiger partial charge on any atom is -0.345 e. The van der Waals surface area contributed by atoms with E-state index < -0.39 is 0 Å². The molecule has 1 aromatic rings. The molecule has 0 unspecified atom stereocenters. The van der Waals surface area contributed by atoms with Crippen molar-refractivity contribution in [2.45, 2.75) is 13.5 Å². The van der Waals surface area contributed by atoms with Gasteiger partial charge in [0.05, 0.1) is 12.9 Å². The lowest BCUT2D eigenvalue weighted by molar-refractivity contribution is -0.105. The molecule has 1 aliphatic rings. The quantitative estimate of drug-likeness (QED) is 0.624. The first kappa shape index (κ1) is 8.68. The van der Waals surface area contributed by atoms with Crippen molar-refractivity contribution in [3.05, 3.63) is 29.2 Å². The Bertz CT molecular complexity index is 472. The number of fused-ring (bicyclic) bond motifs is 1. The zero-order chi connectivity index (χ0) is 10.1. The SMILES string of the molecule is CC1=C(C=O)Cn2cnc(=N)cc2N1. The molecule has 0 aromatic carbocycles. The third-order valence-corrected chi connectivity index (χ3v) is 2.20. The second-order valence-corrected chi connectivity index (χ2v) is 3.18. The smallest absolute Gasteiger partial charge is 0.149 e. The van der Waals surface area contributed by atoms with Gasteiger partial charge in [-0.1, -0.05) is 0 Å². The molecule has 0 saturated heterocycles. The number of aromatic nitrogens is 2. The number of hydrogen-bond donors (Lipinski definition) is 2. The molecule has 0 radical (unpaired) electrons. The number of hydrogen-bond acceptors (Lipinski definition) is 4. The van der Waals surface area contributed by atoms with Crippen LogP contribution < -0.4 is 10.8 Å². The number of anilines is 1. The van der Waals surface area contributed by atoms with Gasteiger partial charge in [0.2, 0.25) is 0 Å². The van der Waals surface area contributed by atoms with Gasteiger partial charge in [-0.25, -0.2) is 4.98 Å². The van der Waals surface area contributed by atoms with Gasteiger partial charge in [0.25, 0.3) is 0 Å². The normalized spacial score (nSPS) is 14.6. The molecule has 0 fully saturated rings. The summed E-state index contributed by atoms with van der Waals surface area (Å²) >= 11 is 0. The van der Waals surface area contributed by atoms with Crippen molar-refractivity contribution in [1.29, 1.82) is 5.41 Å². The highest BCUT2D eigenvalue weighted by molar-refractivity contribution is 5.76. The standard InChI is InChI=1S/C9H10N4O/c1-6-7(4-14)3-13-5-11-8(10)2-9(13)12-6/h2,4-5,10,12H,3H2,1H3. The molecule has 14 heavy (non-hydrogen) atoms. The van der Waals surface area contributed by atoms with E-state index in [1.54, 1.807) is 17.0 Å². The summed E-state index contributed by atoms with van der Waals surface area (Å²) in [4.78, 5) is 14.5. The summed E-state index contributed by atoms with van der Waals surface area (Å²) in [6.45, 7) is 2.36. The Hall–Kier alpha value is -1.91. The van der Waals surface area contributed by atoms with E-state index in [-0.39, 0.29) is 5.49 Å². The van der Waals surface area contributed by atoms with Crippen LogP contribution in [0.25, 0.3) is 0 Å². The van der Waals surface area contributed by atoms with Crippen molar-refractivity contribution < 1.29 is 4.79 Å². The van der Waals surface area contributed by atoms with Crippen LogP contribution in [0.1, 0.15) is 6.92 Å². The molecule has 0 aliphatic carbocycles. The van der Waals surface area contributed by atoms with Crippen LogP contribution >= 0.6 is 0 Å². The van der Waals surface area contributed by atoms with E-state index in [1.807, 2.05) is 6.92 Å². The van der Waals surface area contributed by atoms with Crippen LogP contribution in [0.5, 0.6) is 0 Å². The molecule has 2 rings (SSSR count). The first-order chi connectivity index (χ1) is 6.70. The Balaban J connectivity index is 2.48. The third kappa shape index (κ3) is 1.32. The summed E-state index contributed by atoms with van der Waals surface area (Å²) in [6.07, 6.45) is 2.40. The summed E-state index contributed by atoms with van der Waals surface area (Å²) in [5.41, 5.74) is 1.76. The number of aldehydes is 1. The first-order valence-corrected chi connectivity index (χ1v) is 4.24. The third-order valence-electron chi connectivity index (χ3n) is 2.20. The van der Waals surface area contributed by atoms with Crippen LogP contribution in [0.15, 0.2) is 23.7 Å².